The van der Waals surface area contributed by atoms with E-state index in [0.29, 0.717) is 58.1 Å². The van der Waals surface area contributed by atoms with Crippen molar-refractivity contribution in [3.63, 3.8) is 0 Å². The van der Waals surface area contributed by atoms with Crippen molar-refractivity contribution >= 4 is 56.9 Å². The molecule has 5 aliphatic rings. The Morgan fingerprint density at radius 2 is 1.93 bits per heavy atom. The van der Waals surface area contributed by atoms with Crippen molar-refractivity contribution in [2.75, 3.05) is 13.1 Å². The maximum absolute atomic E-state index is 17.2. The average Bonchev–Trinajstić information content (AvgIpc) is 3.45. The molecule has 5 atom stereocenters. The lowest BCUT2D eigenvalue weighted by Gasteiger charge is -2.39. The topological polar surface area (TPSA) is 120 Å². The molecule has 5 aromatic rings. The summed E-state index contributed by atoms with van der Waals surface area (Å²) in [4.78, 5) is 32.5. The lowest BCUT2D eigenvalue weighted by atomic mass is 9.79. The van der Waals surface area contributed by atoms with Gasteiger partial charge in [-0.05, 0) is 80.0 Å². The molecule has 276 valence electrons. The van der Waals surface area contributed by atoms with Crippen LogP contribution in [0.15, 0.2) is 54.6 Å². The number of aromatic nitrogens is 2. The van der Waals surface area contributed by atoms with Crippen molar-refractivity contribution in [1.82, 2.24) is 19.8 Å². The number of aromatic carboxylic acids is 1. The summed E-state index contributed by atoms with van der Waals surface area (Å²) in [6.07, 6.45) is 3.56. The summed E-state index contributed by atoms with van der Waals surface area (Å²) in [5.41, 5.74) is 5.11. The Morgan fingerprint density at radius 3 is 2.65 bits per heavy atom. The number of nitrogens with zero attached hydrogens (tertiary/aromatic N) is 4. The molecular formula is C42H38Cl2FN5O4. The molecule has 3 aromatic carbocycles. The Balaban J connectivity index is 1.20. The van der Waals surface area contributed by atoms with E-state index in [-0.39, 0.29) is 65.2 Å². The highest BCUT2D eigenvalue weighted by Gasteiger charge is 2.51. The molecule has 2 bridgehead atoms. The lowest BCUT2D eigenvalue weighted by Crippen LogP contribution is -2.41. The number of carboxylic acids is 1. The molecule has 10 rings (SSSR count). The number of amides is 1. The number of carbonyl (C=O) groups excluding carboxylic acids is 1. The fourth-order valence-corrected chi connectivity index (χ4v) is 9.51. The lowest BCUT2D eigenvalue weighted by molar-refractivity contribution is -0.134. The molecule has 0 spiro atoms. The van der Waals surface area contributed by atoms with Crippen LogP contribution in [0.25, 0.3) is 32.9 Å². The van der Waals surface area contributed by atoms with Crippen molar-refractivity contribution in [2.45, 2.75) is 76.3 Å². The molecule has 3 aliphatic heterocycles. The Labute approximate surface area is 321 Å². The molecule has 1 amide bonds. The minimum atomic E-state index is -0.995. The number of rotatable bonds is 10. The minimum Gasteiger partial charge on any atom is -0.478 e. The van der Waals surface area contributed by atoms with Gasteiger partial charge in [0.15, 0.2) is 5.82 Å². The van der Waals surface area contributed by atoms with Crippen molar-refractivity contribution in [3.8, 4) is 17.2 Å². The smallest absolute Gasteiger partial charge is 0.335 e. The maximum Gasteiger partial charge on any atom is 0.335 e. The van der Waals surface area contributed by atoms with Crippen LogP contribution in [0.4, 0.5) is 4.39 Å². The van der Waals surface area contributed by atoms with Gasteiger partial charge in [-0.25, -0.2) is 14.2 Å². The molecule has 2 aromatic heterocycles. The Bertz CT molecular complexity index is 2410. The Kier molecular flexibility index (Phi) is 8.89. The zero-order valence-electron chi connectivity index (χ0n) is 29.6. The van der Waals surface area contributed by atoms with Crippen LogP contribution < -0.4 is 5.32 Å². The van der Waals surface area contributed by atoms with E-state index in [0.717, 1.165) is 48.0 Å². The van der Waals surface area contributed by atoms with Gasteiger partial charge in [-0.3, -0.25) is 4.79 Å². The highest BCUT2D eigenvalue weighted by atomic mass is 35.5. The number of aryl methyl sites for hydroxylation is 2. The number of hydrogen-bond acceptors (Lipinski definition) is 6. The minimum absolute atomic E-state index is 0.00404. The number of hydrogen-bond donors (Lipinski definition) is 2. The van der Waals surface area contributed by atoms with Crippen molar-refractivity contribution in [2.24, 2.45) is 11.8 Å². The van der Waals surface area contributed by atoms with E-state index >= 15 is 4.39 Å². The molecule has 5 fully saturated rings. The first-order valence-corrected chi connectivity index (χ1v) is 19.3. The zero-order chi connectivity index (χ0) is 37.4. The summed E-state index contributed by atoms with van der Waals surface area (Å²) < 4.78 is 26.0. The number of nitrogens with one attached hydrogen (secondary N) is 1. The highest BCUT2D eigenvalue weighted by molar-refractivity contribution is 6.43. The van der Waals surface area contributed by atoms with Gasteiger partial charge < -0.3 is 24.6 Å². The summed E-state index contributed by atoms with van der Waals surface area (Å²) in [7, 11) is 0. The second-order valence-electron chi connectivity index (χ2n) is 15.2. The summed E-state index contributed by atoms with van der Waals surface area (Å²) in [6, 6.07) is 18.3. The molecule has 54 heavy (non-hydrogen) atoms. The summed E-state index contributed by atoms with van der Waals surface area (Å²) >= 11 is 13.1. The van der Waals surface area contributed by atoms with E-state index in [1.165, 1.54) is 0 Å². The predicted molar refractivity (Wildman–Crippen MR) is 204 cm³/mol. The van der Waals surface area contributed by atoms with Gasteiger partial charge in [0, 0.05) is 71.2 Å². The third-order valence-electron chi connectivity index (χ3n) is 11.9. The fraction of sp³-hybridized carbons (Fsp3) is 0.381. The Hall–Kier alpha value is -4.53. The quantitative estimate of drug-likeness (QED) is 0.146. The summed E-state index contributed by atoms with van der Waals surface area (Å²) in [5.74, 6) is -1.01. The van der Waals surface area contributed by atoms with E-state index in [2.05, 4.69) is 22.0 Å². The molecule has 2 aliphatic carbocycles. The standard InChI is InChI=1S/C42H38Cl2FN5O4/c1-21-29-17-34(33-16-27(19-49(33)41(51)23-10-11-23)54-20-22-5-2-6-25(13-22)42(52)53)50(39-26-15-32(39)47-18-26)40(29)30-14-24(7-4-12-46)35(37(45)38(30)48-21)28-8-3-9-31(43)36(28)44/h2-3,5-6,8-9,13-14,17,23,26-27,32-33,39,47H,4,7,10-11,15-16,18-20H2,1H3,(H,52,53). The van der Waals surface area contributed by atoms with Crippen LogP contribution in [-0.4, -0.2) is 56.7 Å². The first kappa shape index (κ1) is 35.2. The van der Waals surface area contributed by atoms with Crippen LogP contribution in [0.2, 0.25) is 10.0 Å². The normalized spacial score (nSPS) is 23.2. The van der Waals surface area contributed by atoms with Gasteiger partial charge in [-0.1, -0.05) is 47.5 Å². The monoisotopic (exact) mass is 765 g/mol. The molecule has 9 nitrogen and oxygen atoms in total. The first-order valence-electron chi connectivity index (χ1n) is 18.6. The molecule has 2 N–H and O–H groups in total. The number of ether oxygens (including phenoxy) is 1. The zero-order valence-corrected chi connectivity index (χ0v) is 31.1. The molecule has 2 saturated carbocycles. The molecule has 12 heteroatoms. The third-order valence-corrected chi connectivity index (χ3v) is 12.7. The number of carboxylic acid groups (broad SMARTS) is 1. The van der Waals surface area contributed by atoms with Crippen molar-refractivity contribution in [3.05, 3.63) is 98.5 Å². The average molecular weight is 767 g/mol. The molecule has 3 saturated heterocycles. The van der Waals surface area contributed by atoms with Gasteiger partial charge in [0.2, 0.25) is 5.91 Å². The predicted octanol–water partition coefficient (Wildman–Crippen LogP) is 8.57. The highest BCUT2D eigenvalue weighted by Crippen LogP contribution is 2.51. The van der Waals surface area contributed by atoms with E-state index in [1.54, 1.807) is 36.4 Å². The fourth-order valence-electron chi connectivity index (χ4n) is 9.11. The number of fused-ring (bicyclic) bond motifs is 4. The number of pyridine rings is 1. The molecular weight excluding hydrogens is 728 g/mol. The number of halogens is 3. The van der Waals surface area contributed by atoms with Gasteiger partial charge in [-0.15, -0.1) is 0 Å². The van der Waals surface area contributed by atoms with Crippen LogP contribution in [0, 0.1) is 35.9 Å². The second-order valence-corrected chi connectivity index (χ2v) is 16.0. The van der Waals surface area contributed by atoms with Gasteiger partial charge >= 0.3 is 5.97 Å². The summed E-state index contributed by atoms with van der Waals surface area (Å²) in [5, 5.41) is 24.9. The van der Waals surface area contributed by atoms with E-state index in [9.17, 15) is 20.0 Å². The molecule has 0 radical (unpaired) electrons. The van der Waals surface area contributed by atoms with E-state index < -0.39 is 11.8 Å². The summed E-state index contributed by atoms with van der Waals surface area (Å²) in [6.45, 7) is 3.43. The largest absolute Gasteiger partial charge is 0.478 e. The van der Waals surface area contributed by atoms with Crippen molar-refractivity contribution < 1.29 is 23.8 Å². The van der Waals surface area contributed by atoms with Crippen LogP contribution in [-0.2, 0) is 22.6 Å². The molecule has 5 unspecified atom stereocenters. The number of benzene rings is 3. The van der Waals surface area contributed by atoms with Crippen molar-refractivity contribution in [1.29, 1.82) is 5.26 Å². The van der Waals surface area contributed by atoms with Crippen LogP contribution >= 0.6 is 23.2 Å². The molecule has 5 heterocycles. The van der Waals surface area contributed by atoms with Crippen LogP contribution in [0.5, 0.6) is 0 Å². The van der Waals surface area contributed by atoms with Gasteiger partial charge in [0.25, 0.3) is 0 Å². The van der Waals surface area contributed by atoms with Crippen LogP contribution in [0.1, 0.15) is 77.1 Å². The number of likely N-dealkylation sites (tertiary alicyclic amines) is 1. The SMILES string of the molecule is Cc1nc2c(F)c(-c3cccc(Cl)c3Cl)c(CCC#N)cc2c2c1cc(C1CC(OCc3cccc(C(=O)O)c3)CN1C(=O)C1CC1)n2C1C2CNC1C2. The van der Waals surface area contributed by atoms with Gasteiger partial charge in [0.05, 0.1) is 52.0 Å². The third kappa shape index (κ3) is 5.84. The van der Waals surface area contributed by atoms with Crippen LogP contribution in [0.3, 0.4) is 0 Å². The Morgan fingerprint density at radius 1 is 1.11 bits per heavy atom. The number of carbonyl (C=O) groups is 2. The second kappa shape index (κ2) is 13.6. The maximum atomic E-state index is 17.2. The van der Waals surface area contributed by atoms with Gasteiger partial charge in [-0.2, -0.15) is 5.26 Å². The number of nitriles is 1. The van der Waals surface area contributed by atoms with E-state index in [1.807, 2.05) is 24.0 Å². The van der Waals surface area contributed by atoms with E-state index in [4.69, 9.17) is 32.9 Å². The first-order chi connectivity index (χ1) is 26.1. The van der Waals surface area contributed by atoms with Gasteiger partial charge in [0.1, 0.15) is 5.52 Å².